The number of nitrogens with two attached hydrogens (primary N) is 1. The van der Waals surface area contributed by atoms with E-state index in [1.54, 1.807) is 0 Å². The molecule has 106 valence electrons. The molecular weight excluding hydrogens is 244 g/mol. The molecule has 0 amide bonds. The highest BCUT2D eigenvalue weighted by Gasteiger charge is 2.19. The van der Waals surface area contributed by atoms with Crippen LogP contribution in [0, 0.1) is 0 Å². The second-order valence-electron chi connectivity index (χ2n) is 5.37. The largest absolute Gasteiger partial charge is 0.383 e. The summed E-state index contributed by atoms with van der Waals surface area (Å²) in [6.45, 7) is 5.10. The van der Waals surface area contributed by atoms with Crippen LogP contribution in [0.2, 0.25) is 0 Å². The van der Waals surface area contributed by atoms with E-state index in [1.807, 2.05) is 6.07 Å². The number of benzene rings is 2. The van der Waals surface area contributed by atoms with Crippen molar-refractivity contribution in [2.45, 2.75) is 32.2 Å². The molecule has 0 aliphatic carbocycles. The molecule has 0 aromatic heterocycles. The van der Waals surface area contributed by atoms with Crippen molar-refractivity contribution in [1.29, 1.82) is 0 Å². The van der Waals surface area contributed by atoms with E-state index in [9.17, 15) is 0 Å². The highest BCUT2D eigenvalue weighted by Crippen LogP contribution is 2.21. The van der Waals surface area contributed by atoms with E-state index in [-0.39, 0.29) is 5.54 Å². The van der Waals surface area contributed by atoms with Gasteiger partial charge in [0, 0.05) is 17.8 Å². The van der Waals surface area contributed by atoms with Gasteiger partial charge in [0.25, 0.3) is 0 Å². The topological polar surface area (TPSA) is 38.0 Å². The van der Waals surface area contributed by atoms with Crippen LogP contribution in [0.15, 0.2) is 54.6 Å². The van der Waals surface area contributed by atoms with Crippen molar-refractivity contribution in [2.24, 2.45) is 5.73 Å². The van der Waals surface area contributed by atoms with Gasteiger partial charge >= 0.3 is 0 Å². The highest BCUT2D eigenvalue weighted by molar-refractivity contribution is 5.65. The second-order valence-corrected chi connectivity index (χ2v) is 5.37. The Morgan fingerprint density at radius 3 is 1.95 bits per heavy atom. The Morgan fingerprint density at radius 2 is 1.40 bits per heavy atom. The van der Waals surface area contributed by atoms with Crippen LogP contribution in [-0.2, 0) is 0 Å². The molecule has 20 heavy (non-hydrogen) atoms. The quantitative estimate of drug-likeness (QED) is 0.820. The Labute approximate surface area is 122 Å². The van der Waals surface area contributed by atoms with Gasteiger partial charge in [-0.25, -0.2) is 0 Å². The Bertz CT molecular complexity index is 513. The van der Waals surface area contributed by atoms with Crippen LogP contribution in [0.4, 0.5) is 5.69 Å². The number of anilines is 1. The van der Waals surface area contributed by atoms with Crippen LogP contribution in [0.25, 0.3) is 11.1 Å². The summed E-state index contributed by atoms with van der Waals surface area (Å²) >= 11 is 0. The van der Waals surface area contributed by atoms with Gasteiger partial charge in [-0.1, -0.05) is 56.3 Å². The summed E-state index contributed by atoms with van der Waals surface area (Å²) < 4.78 is 0. The molecule has 2 rings (SSSR count). The second kappa shape index (κ2) is 6.58. The maximum absolute atomic E-state index is 6.30. The first kappa shape index (κ1) is 14.6. The maximum atomic E-state index is 6.30. The van der Waals surface area contributed by atoms with Gasteiger partial charge < -0.3 is 11.1 Å². The van der Waals surface area contributed by atoms with Gasteiger partial charge in [-0.3, -0.25) is 0 Å². The Kier molecular flexibility index (Phi) is 4.80. The van der Waals surface area contributed by atoms with E-state index in [4.69, 9.17) is 5.73 Å². The first-order chi connectivity index (χ1) is 9.67. The van der Waals surface area contributed by atoms with E-state index in [0.717, 1.165) is 25.1 Å². The summed E-state index contributed by atoms with van der Waals surface area (Å²) in [5, 5.41) is 3.44. The van der Waals surface area contributed by atoms with Gasteiger partial charge in [-0.15, -0.1) is 0 Å². The van der Waals surface area contributed by atoms with E-state index >= 15 is 0 Å². The van der Waals surface area contributed by atoms with E-state index in [2.05, 4.69) is 67.7 Å². The molecule has 3 N–H and O–H groups in total. The minimum atomic E-state index is -0.113. The molecule has 2 aromatic carbocycles. The Hall–Kier alpha value is -1.80. The fourth-order valence-electron chi connectivity index (χ4n) is 2.19. The molecule has 0 spiro atoms. The van der Waals surface area contributed by atoms with Crippen LogP contribution < -0.4 is 11.1 Å². The first-order valence-electron chi connectivity index (χ1n) is 7.35. The van der Waals surface area contributed by atoms with Gasteiger partial charge in [0.15, 0.2) is 0 Å². The molecule has 0 saturated heterocycles. The van der Waals surface area contributed by atoms with Crippen molar-refractivity contribution in [3.05, 3.63) is 54.6 Å². The van der Waals surface area contributed by atoms with E-state index < -0.39 is 0 Å². The zero-order valence-corrected chi connectivity index (χ0v) is 12.4. The molecule has 0 radical (unpaired) electrons. The molecule has 0 fully saturated rings. The predicted octanol–water partition coefficient (Wildman–Crippen LogP) is 4.28. The lowest BCUT2D eigenvalue weighted by Gasteiger charge is -2.27. The lowest BCUT2D eigenvalue weighted by molar-refractivity contribution is 0.418. The lowest BCUT2D eigenvalue weighted by Crippen LogP contribution is -2.45. The van der Waals surface area contributed by atoms with Crippen LogP contribution >= 0.6 is 0 Å². The predicted molar refractivity (Wildman–Crippen MR) is 87.9 cm³/mol. The zero-order chi connectivity index (χ0) is 14.4. The van der Waals surface area contributed by atoms with Crippen LogP contribution in [0.1, 0.15) is 26.7 Å². The monoisotopic (exact) mass is 268 g/mol. The number of hydrogen-bond acceptors (Lipinski definition) is 2. The Balaban J connectivity index is 2.02. The fraction of sp³-hybridized carbons (Fsp3) is 0.333. The van der Waals surface area contributed by atoms with E-state index in [0.29, 0.717) is 0 Å². The van der Waals surface area contributed by atoms with Gasteiger partial charge in [-0.05, 0) is 36.1 Å². The van der Waals surface area contributed by atoms with Crippen molar-refractivity contribution in [1.82, 2.24) is 0 Å². The van der Waals surface area contributed by atoms with Gasteiger partial charge in [0.1, 0.15) is 0 Å². The zero-order valence-electron chi connectivity index (χ0n) is 12.4. The Morgan fingerprint density at radius 1 is 0.850 bits per heavy atom. The van der Waals surface area contributed by atoms with Crippen LogP contribution in [0.3, 0.4) is 0 Å². The minimum Gasteiger partial charge on any atom is -0.383 e. The van der Waals surface area contributed by atoms with Crippen LogP contribution in [-0.4, -0.2) is 12.1 Å². The number of nitrogens with one attached hydrogen (secondary N) is 1. The normalized spacial score (nSPS) is 11.3. The average molecular weight is 268 g/mol. The molecule has 0 aliphatic rings. The third-order valence-corrected chi connectivity index (χ3v) is 4.04. The van der Waals surface area contributed by atoms with E-state index in [1.165, 1.54) is 11.1 Å². The average Bonchev–Trinajstić information content (AvgIpc) is 2.54. The molecule has 2 aromatic rings. The summed E-state index contributed by atoms with van der Waals surface area (Å²) in [5.74, 6) is 0. The number of rotatable bonds is 6. The van der Waals surface area contributed by atoms with Gasteiger partial charge in [0.2, 0.25) is 0 Å². The highest BCUT2D eigenvalue weighted by atomic mass is 14.9. The summed E-state index contributed by atoms with van der Waals surface area (Å²) in [7, 11) is 0. The SMILES string of the molecule is CCC(N)(CC)CNc1ccc(-c2ccccc2)cc1. The molecule has 0 saturated carbocycles. The number of hydrogen-bond donors (Lipinski definition) is 2. The van der Waals surface area contributed by atoms with Gasteiger partial charge in [0.05, 0.1) is 0 Å². The summed E-state index contributed by atoms with van der Waals surface area (Å²) in [5.41, 5.74) is 9.80. The maximum Gasteiger partial charge on any atom is 0.0341 e. The smallest absolute Gasteiger partial charge is 0.0341 e. The molecule has 2 nitrogen and oxygen atoms in total. The van der Waals surface area contributed by atoms with Crippen LogP contribution in [0.5, 0.6) is 0 Å². The minimum absolute atomic E-state index is 0.113. The van der Waals surface area contributed by atoms with Crippen molar-refractivity contribution in [3.63, 3.8) is 0 Å². The fourth-order valence-corrected chi connectivity index (χ4v) is 2.19. The van der Waals surface area contributed by atoms with Gasteiger partial charge in [-0.2, -0.15) is 0 Å². The molecular formula is C18H24N2. The standard InChI is InChI=1S/C18H24N2/c1-3-18(19,4-2)14-20-17-12-10-16(11-13-17)15-8-6-5-7-9-15/h5-13,20H,3-4,14,19H2,1-2H3. The third-order valence-electron chi connectivity index (χ3n) is 4.04. The first-order valence-corrected chi connectivity index (χ1v) is 7.35. The third kappa shape index (κ3) is 3.61. The molecule has 0 atom stereocenters. The molecule has 0 aliphatic heterocycles. The lowest BCUT2D eigenvalue weighted by atomic mass is 9.94. The molecule has 0 unspecified atom stereocenters. The molecule has 0 heterocycles. The molecule has 0 bridgehead atoms. The van der Waals surface area contributed by atoms with Crippen molar-refractivity contribution in [2.75, 3.05) is 11.9 Å². The summed E-state index contributed by atoms with van der Waals surface area (Å²) in [4.78, 5) is 0. The van der Waals surface area contributed by atoms with Crippen molar-refractivity contribution in [3.8, 4) is 11.1 Å². The summed E-state index contributed by atoms with van der Waals surface area (Å²) in [6, 6.07) is 18.9. The van der Waals surface area contributed by atoms with Crippen molar-refractivity contribution < 1.29 is 0 Å². The summed E-state index contributed by atoms with van der Waals surface area (Å²) in [6.07, 6.45) is 1.97. The molecule has 2 heteroatoms. The van der Waals surface area contributed by atoms with Crippen molar-refractivity contribution >= 4 is 5.69 Å².